The van der Waals surface area contributed by atoms with E-state index in [2.05, 4.69) is 0 Å². The predicted octanol–water partition coefficient (Wildman–Crippen LogP) is -2.13. The van der Waals surface area contributed by atoms with Gasteiger partial charge in [-0.1, -0.05) is 19.3 Å². The van der Waals surface area contributed by atoms with Gasteiger partial charge in [-0.05, 0) is 25.7 Å². The number of aliphatic carboxylic acids is 2. The summed E-state index contributed by atoms with van der Waals surface area (Å²) in [5.74, 6) is -3.03. The first kappa shape index (κ1) is 18.5. The van der Waals surface area contributed by atoms with Crippen molar-refractivity contribution in [3.8, 4) is 0 Å². The Morgan fingerprint density at radius 3 is 1.37 bits per heavy atom. The molecule has 2 saturated carbocycles. The number of hydrogen-bond acceptors (Lipinski definition) is 6. The first-order valence-corrected chi connectivity index (χ1v) is 6.34. The largest absolute Gasteiger partial charge is 2.00 e. The molecule has 7 heteroatoms. The Bertz CT molecular complexity index is 295. The van der Waals surface area contributed by atoms with Crippen LogP contribution in [0.1, 0.15) is 44.9 Å². The quantitative estimate of drug-likeness (QED) is 0.461. The van der Waals surface area contributed by atoms with E-state index in [9.17, 15) is 19.8 Å². The molecular weight excluding hydrogens is 431 g/mol. The molecule has 2 aliphatic rings. The van der Waals surface area contributed by atoms with Gasteiger partial charge in [-0.25, -0.2) is 0 Å². The fourth-order valence-corrected chi connectivity index (χ4v) is 2.21. The van der Waals surface area contributed by atoms with E-state index in [0.717, 1.165) is 12.8 Å². The van der Waals surface area contributed by atoms with Crippen molar-refractivity contribution in [2.24, 2.45) is 16.9 Å². The van der Waals surface area contributed by atoms with E-state index in [1.165, 1.54) is 12.8 Å². The first-order chi connectivity index (χ1) is 8.40. The summed E-state index contributed by atoms with van der Waals surface area (Å²) in [7, 11) is 0. The zero-order chi connectivity index (χ0) is 13.8. The van der Waals surface area contributed by atoms with Crippen LogP contribution in [0.2, 0.25) is 0 Å². The van der Waals surface area contributed by atoms with Crippen molar-refractivity contribution in [2.75, 3.05) is 0 Å². The van der Waals surface area contributed by atoms with Crippen LogP contribution in [0.5, 0.6) is 0 Å². The summed E-state index contributed by atoms with van der Waals surface area (Å²) in [6, 6.07) is 0.562. The van der Waals surface area contributed by atoms with E-state index in [1.54, 1.807) is 0 Å². The third-order valence-corrected chi connectivity index (χ3v) is 3.86. The Kier molecular flexibility index (Phi) is 7.78. The summed E-state index contributed by atoms with van der Waals surface area (Å²) in [6.07, 6.45) is 5.73. The topological polar surface area (TPSA) is 132 Å². The molecule has 0 bridgehead atoms. The summed E-state index contributed by atoms with van der Waals surface area (Å²) in [6.45, 7) is 0. The van der Waals surface area contributed by atoms with Gasteiger partial charge in [0.05, 0.1) is 11.9 Å². The van der Waals surface area contributed by atoms with Crippen molar-refractivity contribution >= 4 is 11.9 Å². The summed E-state index contributed by atoms with van der Waals surface area (Å²) in [5.41, 5.74) is 9.64. The molecule has 0 aromatic heterocycles. The number of nitrogens with two attached hydrogens (primary N) is 2. The van der Waals surface area contributed by atoms with Crippen LogP contribution in [-0.2, 0) is 30.7 Å². The fraction of sp³-hybridized carbons (Fsp3) is 0.833. The molecule has 0 spiro atoms. The van der Waals surface area contributed by atoms with Gasteiger partial charge >= 0.3 is 21.1 Å². The Labute approximate surface area is 127 Å². The van der Waals surface area contributed by atoms with Crippen LogP contribution in [0.3, 0.4) is 0 Å². The van der Waals surface area contributed by atoms with Crippen molar-refractivity contribution < 1.29 is 40.9 Å². The molecule has 6 nitrogen and oxygen atoms in total. The number of carboxylic acid groups (broad SMARTS) is 2. The maximum absolute atomic E-state index is 10.2. The van der Waals surface area contributed by atoms with Gasteiger partial charge in [-0.3, -0.25) is 0 Å². The minimum Gasteiger partial charge on any atom is -0.549 e. The summed E-state index contributed by atoms with van der Waals surface area (Å²) in [4.78, 5) is 20.4. The van der Waals surface area contributed by atoms with Gasteiger partial charge in [0.25, 0.3) is 0 Å². The average molecular weight is 451 g/mol. The van der Waals surface area contributed by atoms with Crippen molar-refractivity contribution in [1.82, 2.24) is 0 Å². The third kappa shape index (κ3) is 4.55. The van der Waals surface area contributed by atoms with Crippen LogP contribution < -0.4 is 21.7 Å². The fourth-order valence-electron chi connectivity index (χ4n) is 2.21. The van der Waals surface area contributed by atoms with Gasteiger partial charge < -0.3 is 31.3 Å². The molecular formula is C12H20N2O4Pt. The van der Waals surface area contributed by atoms with Crippen LogP contribution in [-0.4, -0.2) is 24.0 Å². The molecule has 0 heterocycles. The molecule has 0 aromatic carbocycles. The van der Waals surface area contributed by atoms with Crippen LogP contribution in [0, 0.1) is 5.41 Å². The standard InChI is InChI=1S/C6H14N2.C6H8O4.Pt/c7-5-3-1-2-4-6(5)8;7-4(8)6(5(9)10)2-1-3-6;/h5-6H,1-4,7-8H2;1-3H2,(H,7,8)(H,9,10);/q;;+2/p-2/t5-,6-;;/m1../s1. The normalized spacial score (nSPS) is 27.9. The Morgan fingerprint density at radius 1 is 0.895 bits per heavy atom. The minimum atomic E-state index is -1.67. The maximum Gasteiger partial charge on any atom is 2.00 e. The number of hydrogen-bond donors (Lipinski definition) is 2. The smallest absolute Gasteiger partial charge is 0.549 e. The van der Waals surface area contributed by atoms with Gasteiger partial charge in [-0.15, -0.1) is 0 Å². The Hall–Kier alpha value is -0.452. The molecule has 0 unspecified atom stereocenters. The molecule has 2 rings (SSSR count). The first-order valence-electron chi connectivity index (χ1n) is 6.34. The molecule has 0 radical (unpaired) electrons. The number of rotatable bonds is 2. The number of carboxylic acids is 2. The van der Waals surface area contributed by atoms with Crippen molar-refractivity contribution in [3.63, 3.8) is 0 Å². The van der Waals surface area contributed by atoms with Crippen LogP contribution in [0.15, 0.2) is 0 Å². The molecule has 2 fully saturated rings. The Balaban J connectivity index is 0.000000331. The Morgan fingerprint density at radius 2 is 1.26 bits per heavy atom. The van der Waals surface area contributed by atoms with Crippen molar-refractivity contribution in [1.29, 1.82) is 0 Å². The zero-order valence-electron chi connectivity index (χ0n) is 10.7. The van der Waals surface area contributed by atoms with Gasteiger partial charge in [0, 0.05) is 17.5 Å². The molecule has 2 aliphatic carbocycles. The van der Waals surface area contributed by atoms with Gasteiger partial charge in [-0.2, -0.15) is 0 Å². The average Bonchev–Trinajstić information content (AvgIpc) is 2.20. The van der Waals surface area contributed by atoms with Gasteiger partial charge in [0.1, 0.15) is 0 Å². The SMILES string of the molecule is N[C@@H]1CCCC[C@H]1N.O=C([O-])C1(C(=O)[O-])CCC1.[Pt+2]. The van der Waals surface area contributed by atoms with Crippen molar-refractivity contribution in [3.05, 3.63) is 0 Å². The molecule has 0 amide bonds. The van der Waals surface area contributed by atoms with E-state index in [4.69, 9.17) is 11.5 Å². The molecule has 0 aromatic rings. The monoisotopic (exact) mass is 451 g/mol. The predicted molar refractivity (Wildman–Crippen MR) is 60.7 cm³/mol. The molecule has 2 atom stereocenters. The van der Waals surface area contributed by atoms with Crippen LogP contribution >= 0.6 is 0 Å². The molecule has 19 heavy (non-hydrogen) atoms. The molecule has 0 aliphatic heterocycles. The second-order valence-electron chi connectivity index (χ2n) is 5.12. The summed E-state index contributed by atoms with van der Waals surface area (Å²) < 4.78 is 0. The van der Waals surface area contributed by atoms with Gasteiger partial charge in [0.15, 0.2) is 0 Å². The molecule has 0 saturated heterocycles. The van der Waals surface area contributed by atoms with E-state index in [-0.39, 0.29) is 46.0 Å². The maximum atomic E-state index is 10.2. The van der Waals surface area contributed by atoms with Crippen molar-refractivity contribution in [2.45, 2.75) is 57.0 Å². The molecule has 4 N–H and O–H groups in total. The number of carbonyl (C=O) groups is 2. The zero-order valence-corrected chi connectivity index (χ0v) is 13.0. The second kappa shape index (κ2) is 7.97. The third-order valence-electron chi connectivity index (χ3n) is 3.86. The minimum absolute atomic E-state index is 0. The van der Waals surface area contributed by atoms with E-state index >= 15 is 0 Å². The molecule has 112 valence electrons. The summed E-state index contributed by atoms with van der Waals surface area (Å²) in [5, 5.41) is 20.4. The van der Waals surface area contributed by atoms with E-state index in [0.29, 0.717) is 6.42 Å². The second-order valence-corrected chi connectivity index (χ2v) is 5.12. The van der Waals surface area contributed by atoms with E-state index in [1.807, 2.05) is 0 Å². The number of carbonyl (C=O) groups excluding carboxylic acids is 2. The van der Waals surface area contributed by atoms with Crippen LogP contribution in [0.4, 0.5) is 0 Å². The van der Waals surface area contributed by atoms with E-state index < -0.39 is 17.4 Å². The van der Waals surface area contributed by atoms with Gasteiger partial charge in [0.2, 0.25) is 0 Å². The summed E-state index contributed by atoms with van der Waals surface area (Å²) >= 11 is 0. The van der Waals surface area contributed by atoms with Crippen LogP contribution in [0.25, 0.3) is 0 Å².